The summed E-state index contributed by atoms with van der Waals surface area (Å²) >= 11 is 0. The van der Waals surface area contributed by atoms with E-state index < -0.39 is 11.9 Å². The Bertz CT molecular complexity index is 1740. The molecule has 0 aliphatic carbocycles. The van der Waals surface area contributed by atoms with E-state index in [1.54, 1.807) is 6.07 Å². The molecule has 0 unspecified atom stereocenters. The van der Waals surface area contributed by atoms with Crippen LogP contribution in [-0.2, 0) is 6.18 Å². The van der Waals surface area contributed by atoms with Crippen LogP contribution in [0.3, 0.4) is 0 Å². The van der Waals surface area contributed by atoms with Crippen LogP contribution >= 0.6 is 0 Å². The summed E-state index contributed by atoms with van der Waals surface area (Å²) in [4.78, 5) is 15.5. The molecule has 0 saturated heterocycles. The largest absolute Gasteiger partial charge is 0.475 e. The van der Waals surface area contributed by atoms with Crippen LogP contribution in [0.4, 0.5) is 17.6 Å². The van der Waals surface area contributed by atoms with Gasteiger partial charge < -0.3 is 4.74 Å². The van der Waals surface area contributed by atoms with Crippen molar-refractivity contribution >= 4 is 0 Å². The Balaban J connectivity index is 0. The monoisotopic (exact) mass is 795 g/mol. The number of benzene rings is 1. The summed E-state index contributed by atoms with van der Waals surface area (Å²) in [6.45, 7) is 26.9. The first-order valence-corrected chi connectivity index (χ1v) is 18.9. The van der Waals surface area contributed by atoms with E-state index in [1.807, 2.05) is 89.7 Å². The Morgan fingerprint density at radius 1 is 0.491 bits per heavy atom. The molecule has 5 rings (SSSR count). The number of pyridine rings is 4. The Kier molecular flexibility index (Phi) is 26.6. The maximum Gasteiger partial charge on any atom is 0.433 e. The Hall–Kier alpha value is -4.66. The molecule has 4 heterocycles. The summed E-state index contributed by atoms with van der Waals surface area (Å²) in [5, 5.41) is 0. The van der Waals surface area contributed by atoms with Gasteiger partial charge in [0, 0.05) is 42.7 Å². The lowest BCUT2D eigenvalue weighted by molar-refractivity contribution is -0.141. The minimum Gasteiger partial charge on any atom is -0.475 e. The molecule has 0 N–H and O–H groups in total. The first-order valence-electron chi connectivity index (χ1n) is 18.9. The van der Waals surface area contributed by atoms with Crippen LogP contribution < -0.4 is 4.74 Å². The van der Waals surface area contributed by atoms with Gasteiger partial charge in [0.25, 0.3) is 0 Å². The zero-order valence-electron chi connectivity index (χ0n) is 35.0. The molecule has 9 heteroatoms. The Labute approximate surface area is 342 Å². The molecular formula is C48H70F4N4O. The molecule has 0 aliphatic heterocycles. The smallest absolute Gasteiger partial charge is 0.433 e. The van der Waals surface area contributed by atoms with Crippen LogP contribution in [0.1, 0.15) is 167 Å². The molecule has 5 nitrogen and oxygen atoms in total. The second kappa shape index (κ2) is 27.9. The van der Waals surface area contributed by atoms with Gasteiger partial charge in [0.05, 0.1) is 6.10 Å². The molecule has 57 heavy (non-hydrogen) atoms. The minimum atomic E-state index is -4.34. The molecule has 1 aromatic carbocycles. The van der Waals surface area contributed by atoms with Crippen molar-refractivity contribution in [2.24, 2.45) is 0 Å². The summed E-state index contributed by atoms with van der Waals surface area (Å²) in [5.74, 6) is 2.88. The number of halogens is 4. The molecule has 0 saturated carbocycles. The van der Waals surface area contributed by atoms with E-state index in [9.17, 15) is 17.6 Å². The van der Waals surface area contributed by atoms with Crippen LogP contribution in [0.5, 0.6) is 5.88 Å². The maximum atomic E-state index is 12.4. The minimum absolute atomic E-state index is 0. The molecule has 316 valence electrons. The van der Waals surface area contributed by atoms with Crippen LogP contribution in [0.15, 0.2) is 104 Å². The Morgan fingerprint density at radius 2 is 0.912 bits per heavy atom. The molecule has 0 fully saturated rings. The van der Waals surface area contributed by atoms with Gasteiger partial charge in [-0.3, -0.25) is 15.0 Å². The number of aryl methyl sites for hydroxylation is 1. The van der Waals surface area contributed by atoms with Crippen molar-refractivity contribution in [2.75, 3.05) is 0 Å². The van der Waals surface area contributed by atoms with Gasteiger partial charge in [0.2, 0.25) is 5.88 Å². The SMILES string of the molecule is C.C.CC(C)Oc1ccc(C(C)C)cn1.CC(C)c1ccc(F)cc1.CC(C)c1ccnc(C(F)(F)F)c1.CC(C)c1ccncc1.Cc1cc(C(C)C)ccn1. The van der Waals surface area contributed by atoms with Crippen LogP contribution in [0, 0.1) is 12.7 Å². The van der Waals surface area contributed by atoms with Crippen molar-refractivity contribution in [1.29, 1.82) is 0 Å². The third kappa shape index (κ3) is 23.2. The molecule has 0 amide bonds. The number of alkyl halides is 3. The van der Waals surface area contributed by atoms with Crippen LogP contribution in [0.2, 0.25) is 0 Å². The first-order chi connectivity index (χ1) is 25.7. The fraction of sp³-hybridized carbons (Fsp3) is 0.458. The second-order valence-electron chi connectivity index (χ2n) is 14.9. The molecule has 0 bridgehead atoms. The van der Waals surface area contributed by atoms with E-state index >= 15 is 0 Å². The standard InChI is InChI=1S/C11H17NO.C9H10F3N.C9H11F.C9H13N.C8H11N.2CH4/c1-8(2)10-5-6-11(12-7-10)13-9(3)4;1-6(2)7-3-4-13-8(5-7)9(10,11)12;1-7(2)8-3-5-9(10)6-4-8;1-7(2)9-4-5-10-8(3)6-9;1-7(2)8-3-5-9-6-4-8;;/h5-9H,1-4H3;3-6H,1-2H3;3-7H,1-2H3;4-7H,1-3H3;3-7H,1-2H3;2*1H4. The number of rotatable bonds is 7. The van der Waals surface area contributed by atoms with Crippen molar-refractivity contribution in [2.45, 2.75) is 147 Å². The van der Waals surface area contributed by atoms with E-state index in [0.717, 1.165) is 11.8 Å². The van der Waals surface area contributed by atoms with E-state index in [-0.39, 0.29) is 32.7 Å². The highest BCUT2D eigenvalue weighted by Gasteiger charge is 2.32. The van der Waals surface area contributed by atoms with Crippen molar-refractivity contribution in [3.05, 3.63) is 149 Å². The van der Waals surface area contributed by atoms with E-state index in [1.165, 1.54) is 40.6 Å². The molecule has 0 radical (unpaired) electrons. The highest BCUT2D eigenvalue weighted by Crippen LogP contribution is 2.29. The third-order valence-corrected chi connectivity index (χ3v) is 8.02. The summed E-state index contributed by atoms with van der Waals surface area (Å²) in [5.41, 5.74) is 6.09. The summed E-state index contributed by atoms with van der Waals surface area (Å²) in [7, 11) is 0. The molecule has 0 aliphatic rings. The van der Waals surface area contributed by atoms with Crippen molar-refractivity contribution in [3.63, 3.8) is 0 Å². The topological polar surface area (TPSA) is 60.8 Å². The number of ether oxygens (including phenoxy) is 1. The molecule has 4 aromatic heterocycles. The number of hydrogen-bond donors (Lipinski definition) is 0. The van der Waals surface area contributed by atoms with E-state index in [2.05, 4.69) is 93.5 Å². The van der Waals surface area contributed by atoms with Gasteiger partial charge in [0.1, 0.15) is 11.5 Å². The summed E-state index contributed by atoms with van der Waals surface area (Å²) < 4.78 is 54.3. The highest BCUT2D eigenvalue weighted by atomic mass is 19.4. The molecule has 0 spiro atoms. The van der Waals surface area contributed by atoms with Gasteiger partial charge in [-0.15, -0.1) is 0 Å². The second-order valence-corrected chi connectivity index (χ2v) is 14.9. The van der Waals surface area contributed by atoms with Crippen molar-refractivity contribution < 1.29 is 22.3 Å². The average Bonchev–Trinajstić information content (AvgIpc) is 3.13. The van der Waals surface area contributed by atoms with Gasteiger partial charge in [0.15, 0.2) is 0 Å². The quantitative estimate of drug-likeness (QED) is 0.154. The van der Waals surface area contributed by atoms with E-state index in [4.69, 9.17) is 4.74 Å². The fourth-order valence-corrected chi connectivity index (χ4v) is 4.53. The lowest BCUT2D eigenvalue weighted by Gasteiger charge is -2.09. The Morgan fingerprint density at radius 3 is 1.28 bits per heavy atom. The van der Waals surface area contributed by atoms with Crippen LogP contribution in [-0.4, -0.2) is 26.0 Å². The molecule has 5 aromatic rings. The van der Waals surface area contributed by atoms with Gasteiger partial charge in [-0.05, 0) is 127 Å². The normalized spacial score (nSPS) is 10.5. The summed E-state index contributed by atoms with van der Waals surface area (Å²) in [6.07, 6.45) is 4.44. The van der Waals surface area contributed by atoms with E-state index in [0.29, 0.717) is 35.1 Å². The third-order valence-electron chi connectivity index (χ3n) is 8.02. The summed E-state index contributed by atoms with van der Waals surface area (Å²) in [6, 6.07) is 21.6. The van der Waals surface area contributed by atoms with Gasteiger partial charge >= 0.3 is 6.18 Å². The number of aromatic nitrogens is 4. The number of hydrogen-bond acceptors (Lipinski definition) is 5. The van der Waals surface area contributed by atoms with Crippen LogP contribution in [0.25, 0.3) is 0 Å². The maximum absolute atomic E-state index is 12.4. The van der Waals surface area contributed by atoms with Gasteiger partial charge in [-0.25, -0.2) is 9.37 Å². The van der Waals surface area contributed by atoms with Gasteiger partial charge in [-0.2, -0.15) is 13.2 Å². The van der Waals surface area contributed by atoms with Crippen molar-refractivity contribution in [1.82, 2.24) is 19.9 Å². The zero-order chi connectivity index (χ0) is 41.7. The predicted molar refractivity (Wildman–Crippen MR) is 233 cm³/mol. The average molecular weight is 795 g/mol. The highest BCUT2D eigenvalue weighted by molar-refractivity contribution is 5.22. The lowest BCUT2D eigenvalue weighted by Crippen LogP contribution is -2.08. The number of nitrogens with zero attached hydrogens (tertiary/aromatic N) is 4. The van der Waals surface area contributed by atoms with Crippen molar-refractivity contribution in [3.8, 4) is 5.88 Å². The molecular weight excluding hydrogens is 725 g/mol. The van der Waals surface area contributed by atoms with Gasteiger partial charge in [-0.1, -0.05) is 102 Å². The molecule has 0 atom stereocenters. The lowest BCUT2D eigenvalue weighted by atomic mass is 10.0. The first kappa shape index (κ1) is 54.4. The zero-order valence-corrected chi connectivity index (χ0v) is 35.0. The predicted octanol–water partition coefficient (Wildman–Crippen LogP) is 15.2. The fourth-order valence-electron chi connectivity index (χ4n) is 4.53.